The van der Waals surface area contributed by atoms with Crippen LogP contribution in [-0.2, 0) is 37.5 Å². The SMILES string of the molecule is CCC=CCC=CCC=CCC=CCC=CCC=CCCC(=O)OC[C@H](COP(=O)(O)OC[C@H](N)C(=O)O)OC(=O)CCCCCCCC=CCCCCCCCC. The summed E-state index contributed by atoms with van der Waals surface area (Å²) in [5.41, 5.74) is 5.33. The van der Waals surface area contributed by atoms with Gasteiger partial charge in [0, 0.05) is 12.8 Å². The van der Waals surface area contributed by atoms with Crippen LogP contribution in [0.25, 0.3) is 0 Å². The Kier molecular flexibility index (Phi) is 38.1. The molecule has 58 heavy (non-hydrogen) atoms. The summed E-state index contributed by atoms with van der Waals surface area (Å²) in [6, 6.07) is -1.54. The minimum atomic E-state index is -4.74. The lowest BCUT2D eigenvalue weighted by molar-refractivity contribution is -0.161. The van der Waals surface area contributed by atoms with Crippen LogP contribution in [0.4, 0.5) is 0 Å². The summed E-state index contributed by atoms with van der Waals surface area (Å²) in [6.07, 6.45) is 49.5. The fourth-order valence-electron chi connectivity index (χ4n) is 5.26. The number of hydrogen-bond acceptors (Lipinski definition) is 9. The highest BCUT2D eigenvalue weighted by Gasteiger charge is 2.28. The number of phosphoric ester groups is 1. The summed E-state index contributed by atoms with van der Waals surface area (Å²) in [5, 5.41) is 8.89. The first-order chi connectivity index (χ1) is 28.1. The van der Waals surface area contributed by atoms with E-state index in [1.54, 1.807) is 0 Å². The molecule has 4 N–H and O–H groups in total. The number of carboxylic acid groups (broad SMARTS) is 1. The van der Waals surface area contributed by atoms with Gasteiger partial charge in [-0.25, -0.2) is 4.57 Å². The Hall–Kier alpha value is -3.34. The molecule has 1 unspecified atom stereocenters. The molecule has 330 valence electrons. The number of ether oxygens (including phenoxy) is 2. The van der Waals surface area contributed by atoms with Gasteiger partial charge in [0.1, 0.15) is 12.6 Å². The Morgan fingerprint density at radius 3 is 1.52 bits per heavy atom. The average Bonchev–Trinajstić information content (AvgIpc) is 3.20. The first-order valence-corrected chi connectivity index (χ1v) is 23.1. The number of aliphatic carboxylic acids is 1. The number of unbranched alkanes of at least 4 members (excludes halogenated alkanes) is 11. The van der Waals surface area contributed by atoms with Crippen molar-refractivity contribution in [1.82, 2.24) is 0 Å². The van der Waals surface area contributed by atoms with E-state index < -0.39 is 57.7 Å². The summed E-state index contributed by atoms with van der Waals surface area (Å²) in [7, 11) is -4.74. The summed E-state index contributed by atoms with van der Waals surface area (Å²) in [6.45, 7) is 2.58. The smallest absolute Gasteiger partial charge is 0.472 e. The zero-order valence-corrected chi connectivity index (χ0v) is 36.5. The van der Waals surface area contributed by atoms with E-state index in [2.05, 4.69) is 91.3 Å². The first-order valence-electron chi connectivity index (χ1n) is 21.6. The number of carboxylic acids is 1. The number of allylic oxidation sites excluding steroid dienone is 14. The van der Waals surface area contributed by atoms with Gasteiger partial charge in [-0.1, -0.05) is 150 Å². The van der Waals surface area contributed by atoms with E-state index in [0.717, 1.165) is 77.0 Å². The van der Waals surface area contributed by atoms with Gasteiger partial charge < -0.3 is 25.2 Å². The summed E-state index contributed by atoms with van der Waals surface area (Å²) >= 11 is 0. The van der Waals surface area contributed by atoms with Crippen molar-refractivity contribution in [3.8, 4) is 0 Å². The molecule has 0 aromatic rings. The van der Waals surface area contributed by atoms with Gasteiger partial charge in [-0.2, -0.15) is 0 Å². The van der Waals surface area contributed by atoms with Crippen LogP contribution in [0.3, 0.4) is 0 Å². The number of rotatable bonds is 39. The van der Waals surface area contributed by atoms with Crippen LogP contribution in [0, 0.1) is 0 Å². The summed E-state index contributed by atoms with van der Waals surface area (Å²) in [5.74, 6) is -2.51. The third kappa shape index (κ3) is 39.5. The Morgan fingerprint density at radius 2 is 1.00 bits per heavy atom. The zero-order chi connectivity index (χ0) is 42.8. The van der Waals surface area contributed by atoms with Gasteiger partial charge in [0.05, 0.1) is 13.2 Å². The van der Waals surface area contributed by atoms with Crippen molar-refractivity contribution < 1.29 is 47.5 Å². The lowest BCUT2D eigenvalue weighted by Crippen LogP contribution is -2.34. The van der Waals surface area contributed by atoms with Crippen LogP contribution in [0.5, 0.6) is 0 Å². The van der Waals surface area contributed by atoms with Crippen molar-refractivity contribution in [3.05, 3.63) is 85.1 Å². The van der Waals surface area contributed by atoms with Crippen LogP contribution in [-0.4, -0.2) is 59.9 Å². The number of carbonyl (C=O) groups is 3. The quantitative estimate of drug-likeness (QED) is 0.0233. The zero-order valence-electron chi connectivity index (χ0n) is 35.6. The number of phosphoric acid groups is 1. The number of esters is 2. The van der Waals surface area contributed by atoms with Crippen molar-refractivity contribution in [2.75, 3.05) is 19.8 Å². The predicted octanol–water partition coefficient (Wildman–Crippen LogP) is 11.5. The summed E-state index contributed by atoms with van der Waals surface area (Å²) < 4.78 is 32.6. The van der Waals surface area contributed by atoms with Gasteiger partial charge in [0.25, 0.3) is 0 Å². The Balaban J connectivity index is 4.52. The van der Waals surface area contributed by atoms with E-state index in [1.165, 1.54) is 38.5 Å². The molecule has 0 heterocycles. The van der Waals surface area contributed by atoms with Crippen molar-refractivity contribution in [2.24, 2.45) is 5.73 Å². The molecule has 0 spiro atoms. The fourth-order valence-corrected chi connectivity index (χ4v) is 6.04. The third-order valence-electron chi connectivity index (χ3n) is 8.64. The first kappa shape index (κ1) is 54.7. The van der Waals surface area contributed by atoms with Gasteiger partial charge in [-0.3, -0.25) is 23.4 Å². The standard InChI is InChI=1S/C46H76NO10P/c1-3-5-7-9-11-13-15-17-19-20-21-22-24-25-27-29-31-33-35-37-44(48)54-39-42(40-55-58(52,53)56-41-43(47)46(50)51)57-45(49)38-36-34-32-30-28-26-23-18-16-14-12-10-8-6-4-2/h5,7,11,13,17-19,21-23,25,27,31,33,42-43H,3-4,6,8-10,12,14-16,20,24,26,28-30,32,34-41,47H2,1-2H3,(H,50,51)(H,52,53)/t42-,43+/m1/s1. The second-order valence-electron chi connectivity index (χ2n) is 14.1. The minimum Gasteiger partial charge on any atom is -0.480 e. The molecular weight excluding hydrogens is 757 g/mol. The molecule has 11 nitrogen and oxygen atoms in total. The molecular formula is C46H76NO10P. The molecule has 0 aliphatic carbocycles. The molecule has 0 aliphatic heterocycles. The molecule has 0 saturated heterocycles. The lowest BCUT2D eigenvalue weighted by atomic mass is 10.1. The molecule has 3 atom stereocenters. The minimum absolute atomic E-state index is 0.0906. The lowest BCUT2D eigenvalue weighted by Gasteiger charge is -2.20. The van der Waals surface area contributed by atoms with Crippen molar-refractivity contribution in [3.63, 3.8) is 0 Å². The Morgan fingerprint density at radius 1 is 0.552 bits per heavy atom. The maximum atomic E-state index is 12.6. The van der Waals surface area contributed by atoms with E-state index in [0.29, 0.717) is 12.8 Å². The fraction of sp³-hybridized carbons (Fsp3) is 0.630. The van der Waals surface area contributed by atoms with Gasteiger partial charge in [0.2, 0.25) is 0 Å². The van der Waals surface area contributed by atoms with Crippen LogP contribution in [0.2, 0.25) is 0 Å². The number of nitrogens with two attached hydrogens (primary N) is 1. The Labute approximate surface area is 350 Å². The molecule has 12 heteroatoms. The molecule has 0 fully saturated rings. The molecule has 0 aromatic carbocycles. The van der Waals surface area contributed by atoms with Gasteiger partial charge in [-0.15, -0.1) is 0 Å². The molecule has 0 aromatic heterocycles. The third-order valence-corrected chi connectivity index (χ3v) is 9.59. The van der Waals surface area contributed by atoms with E-state index in [9.17, 15) is 23.8 Å². The average molecular weight is 834 g/mol. The molecule has 0 bridgehead atoms. The van der Waals surface area contributed by atoms with E-state index >= 15 is 0 Å². The van der Waals surface area contributed by atoms with Gasteiger partial charge in [0.15, 0.2) is 6.10 Å². The van der Waals surface area contributed by atoms with E-state index in [-0.39, 0.29) is 12.8 Å². The number of carbonyl (C=O) groups excluding carboxylic acids is 2. The van der Waals surface area contributed by atoms with Crippen molar-refractivity contribution in [1.29, 1.82) is 0 Å². The van der Waals surface area contributed by atoms with Crippen LogP contribution < -0.4 is 5.73 Å². The second kappa shape index (κ2) is 40.4. The molecule has 0 saturated carbocycles. The topological polar surface area (TPSA) is 172 Å². The van der Waals surface area contributed by atoms with Gasteiger partial charge >= 0.3 is 25.7 Å². The van der Waals surface area contributed by atoms with E-state index in [4.69, 9.17) is 24.8 Å². The molecule has 0 aliphatic rings. The maximum Gasteiger partial charge on any atom is 0.472 e. The highest BCUT2D eigenvalue weighted by Crippen LogP contribution is 2.43. The van der Waals surface area contributed by atoms with Gasteiger partial charge in [-0.05, 0) is 77.0 Å². The predicted molar refractivity (Wildman–Crippen MR) is 235 cm³/mol. The Bertz CT molecular complexity index is 1300. The normalized spacial score (nSPS) is 14.6. The monoisotopic (exact) mass is 834 g/mol. The largest absolute Gasteiger partial charge is 0.480 e. The number of hydrogen-bond donors (Lipinski definition) is 3. The van der Waals surface area contributed by atoms with Crippen LogP contribution >= 0.6 is 7.82 Å². The van der Waals surface area contributed by atoms with Crippen molar-refractivity contribution >= 4 is 25.7 Å². The summed E-state index contributed by atoms with van der Waals surface area (Å²) in [4.78, 5) is 45.9. The molecule has 0 radical (unpaired) electrons. The highest BCUT2D eigenvalue weighted by atomic mass is 31.2. The van der Waals surface area contributed by atoms with Crippen molar-refractivity contribution in [2.45, 2.75) is 167 Å². The second-order valence-corrected chi connectivity index (χ2v) is 15.5. The highest BCUT2D eigenvalue weighted by molar-refractivity contribution is 7.47. The molecule has 0 rings (SSSR count). The van der Waals surface area contributed by atoms with E-state index in [1.807, 2.05) is 12.2 Å². The van der Waals surface area contributed by atoms with Crippen LogP contribution in [0.1, 0.15) is 155 Å². The maximum absolute atomic E-state index is 12.6. The molecule has 0 amide bonds. The van der Waals surface area contributed by atoms with Crippen LogP contribution in [0.15, 0.2) is 85.1 Å².